The van der Waals surface area contributed by atoms with Crippen molar-refractivity contribution in [1.82, 2.24) is 10.2 Å². The van der Waals surface area contributed by atoms with Gasteiger partial charge in [0.05, 0.1) is 17.7 Å². The number of nitrogens with one attached hydrogen (secondary N) is 1. The Bertz CT molecular complexity index is 617. The molecule has 3 rings (SSSR count). The molecule has 1 amide bonds. The summed E-state index contributed by atoms with van der Waals surface area (Å²) in [5.41, 5.74) is 0.527. The van der Waals surface area contributed by atoms with Gasteiger partial charge in [0.15, 0.2) is 0 Å². The minimum Gasteiger partial charge on any atom is -0.388 e. The zero-order chi connectivity index (χ0) is 18.9. The second-order valence-electron chi connectivity index (χ2n) is 9.57. The Kier molecular flexibility index (Phi) is 5.45. The number of carbonyl (C=O) groups is 1. The van der Waals surface area contributed by atoms with Gasteiger partial charge in [-0.05, 0) is 50.1 Å². The lowest BCUT2D eigenvalue weighted by molar-refractivity contribution is -0.129. The highest BCUT2D eigenvalue weighted by atomic mass is 16.3. The highest BCUT2D eigenvalue weighted by molar-refractivity contribution is 5.81. The summed E-state index contributed by atoms with van der Waals surface area (Å²) in [6.45, 7) is 10.5. The molecule has 0 aromatic heterocycles. The van der Waals surface area contributed by atoms with Crippen LogP contribution in [0.1, 0.15) is 65.0 Å². The van der Waals surface area contributed by atoms with Crippen molar-refractivity contribution < 1.29 is 9.90 Å². The van der Waals surface area contributed by atoms with E-state index in [9.17, 15) is 9.90 Å². The van der Waals surface area contributed by atoms with Crippen LogP contribution in [0.2, 0.25) is 0 Å². The van der Waals surface area contributed by atoms with E-state index in [1.165, 1.54) is 5.56 Å². The first-order valence-corrected chi connectivity index (χ1v) is 9.99. The van der Waals surface area contributed by atoms with Crippen molar-refractivity contribution in [3.05, 3.63) is 35.9 Å². The molecule has 2 N–H and O–H groups in total. The summed E-state index contributed by atoms with van der Waals surface area (Å²) in [6.07, 6.45) is 3.72. The van der Waals surface area contributed by atoms with Gasteiger partial charge in [0.25, 0.3) is 0 Å². The third-order valence-electron chi connectivity index (χ3n) is 5.82. The number of aliphatic hydroxyl groups is 1. The maximum atomic E-state index is 12.5. The highest BCUT2D eigenvalue weighted by Gasteiger charge is 2.47. The van der Waals surface area contributed by atoms with E-state index in [2.05, 4.69) is 43.1 Å². The number of carbonyl (C=O) groups excluding carboxylic acids is 1. The van der Waals surface area contributed by atoms with Gasteiger partial charge in [-0.2, -0.15) is 0 Å². The lowest BCUT2D eigenvalue weighted by Gasteiger charge is -2.49. The Labute approximate surface area is 158 Å². The fraction of sp³-hybridized carbons (Fsp3) is 0.682. The summed E-state index contributed by atoms with van der Waals surface area (Å²) >= 11 is 0. The van der Waals surface area contributed by atoms with E-state index >= 15 is 0 Å². The Balaban J connectivity index is 1.88. The monoisotopic (exact) mass is 358 g/mol. The van der Waals surface area contributed by atoms with Crippen LogP contribution in [-0.2, 0) is 4.79 Å². The normalized spacial score (nSPS) is 30.2. The Morgan fingerprint density at radius 3 is 2.50 bits per heavy atom. The molecular weight excluding hydrogens is 324 g/mol. The lowest BCUT2D eigenvalue weighted by atomic mass is 9.79. The first kappa shape index (κ1) is 19.4. The standard InChI is InChI=1S/C22H34N2O2/c1-21(2,3)12-14-24-15-13-22(4,26)19(23-20(25)17-10-11-17)18(24)16-8-6-5-7-9-16/h5-9,17-19,26H,10-15H2,1-4H3,(H,23,25). The van der Waals surface area contributed by atoms with E-state index in [-0.39, 0.29) is 29.3 Å². The molecule has 4 nitrogen and oxygen atoms in total. The van der Waals surface area contributed by atoms with Crippen molar-refractivity contribution in [2.75, 3.05) is 13.1 Å². The fourth-order valence-corrected chi connectivity index (χ4v) is 3.85. The fourth-order valence-electron chi connectivity index (χ4n) is 3.85. The van der Waals surface area contributed by atoms with Crippen LogP contribution in [-0.4, -0.2) is 40.6 Å². The molecule has 1 aliphatic carbocycles. The molecule has 2 aliphatic rings. The summed E-state index contributed by atoms with van der Waals surface area (Å²) in [5.74, 6) is 0.251. The third-order valence-corrected chi connectivity index (χ3v) is 5.82. The predicted molar refractivity (Wildman–Crippen MR) is 105 cm³/mol. The average molecular weight is 359 g/mol. The molecule has 144 valence electrons. The van der Waals surface area contributed by atoms with E-state index in [1.54, 1.807) is 0 Å². The van der Waals surface area contributed by atoms with Gasteiger partial charge in [-0.25, -0.2) is 0 Å². The molecule has 0 radical (unpaired) electrons. The minimum atomic E-state index is -0.900. The van der Waals surface area contributed by atoms with Crippen LogP contribution >= 0.6 is 0 Å². The van der Waals surface area contributed by atoms with E-state index in [1.807, 2.05) is 25.1 Å². The molecule has 1 saturated heterocycles. The topological polar surface area (TPSA) is 52.6 Å². The maximum absolute atomic E-state index is 12.5. The maximum Gasteiger partial charge on any atom is 0.223 e. The van der Waals surface area contributed by atoms with Gasteiger partial charge < -0.3 is 10.4 Å². The van der Waals surface area contributed by atoms with Crippen LogP contribution in [0.5, 0.6) is 0 Å². The lowest BCUT2D eigenvalue weighted by Crippen LogP contribution is -2.62. The number of likely N-dealkylation sites (tertiary alicyclic amines) is 1. The molecule has 2 fully saturated rings. The van der Waals surface area contributed by atoms with Gasteiger partial charge in [0.2, 0.25) is 5.91 Å². The average Bonchev–Trinajstić information content (AvgIpc) is 3.40. The second kappa shape index (κ2) is 7.32. The van der Waals surface area contributed by atoms with Crippen LogP contribution in [0.4, 0.5) is 0 Å². The second-order valence-corrected chi connectivity index (χ2v) is 9.57. The van der Waals surface area contributed by atoms with Crippen molar-refractivity contribution in [3.8, 4) is 0 Å². The first-order valence-electron chi connectivity index (χ1n) is 9.99. The molecule has 0 spiro atoms. The van der Waals surface area contributed by atoms with Gasteiger partial charge in [0, 0.05) is 12.5 Å². The van der Waals surface area contributed by atoms with Gasteiger partial charge >= 0.3 is 0 Å². The van der Waals surface area contributed by atoms with Crippen molar-refractivity contribution >= 4 is 5.91 Å². The van der Waals surface area contributed by atoms with Gasteiger partial charge in [-0.15, -0.1) is 0 Å². The molecule has 1 aliphatic heterocycles. The molecular formula is C22H34N2O2. The number of amides is 1. The van der Waals surface area contributed by atoms with Crippen LogP contribution in [0.15, 0.2) is 30.3 Å². The van der Waals surface area contributed by atoms with Crippen molar-refractivity contribution in [2.24, 2.45) is 11.3 Å². The van der Waals surface area contributed by atoms with Crippen molar-refractivity contribution in [3.63, 3.8) is 0 Å². The number of hydrogen-bond acceptors (Lipinski definition) is 3. The smallest absolute Gasteiger partial charge is 0.223 e. The molecule has 1 saturated carbocycles. The van der Waals surface area contributed by atoms with Crippen LogP contribution in [0.25, 0.3) is 0 Å². The van der Waals surface area contributed by atoms with Gasteiger partial charge in [0.1, 0.15) is 0 Å². The summed E-state index contributed by atoms with van der Waals surface area (Å²) in [5, 5.41) is 14.3. The van der Waals surface area contributed by atoms with E-state index in [0.717, 1.165) is 32.4 Å². The van der Waals surface area contributed by atoms with Crippen molar-refractivity contribution in [2.45, 2.75) is 71.1 Å². The van der Waals surface area contributed by atoms with Crippen LogP contribution in [0.3, 0.4) is 0 Å². The number of benzene rings is 1. The molecule has 3 atom stereocenters. The van der Waals surface area contributed by atoms with Gasteiger partial charge in [-0.3, -0.25) is 9.69 Å². The highest BCUT2D eigenvalue weighted by Crippen LogP contribution is 2.39. The minimum absolute atomic E-state index is 0.00463. The Morgan fingerprint density at radius 2 is 1.92 bits per heavy atom. The molecule has 1 heterocycles. The quantitative estimate of drug-likeness (QED) is 0.847. The zero-order valence-corrected chi connectivity index (χ0v) is 16.7. The zero-order valence-electron chi connectivity index (χ0n) is 16.7. The van der Waals surface area contributed by atoms with Gasteiger partial charge in [-0.1, -0.05) is 51.1 Å². The first-order chi connectivity index (χ1) is 12.2. The number of nitrogens with zero attached hydrogens (tertiary/aromatic N) is 1. The SMILES string of the molecule is CC(C)(C)CCN1CCC(C)(O)C(NC(=O)C2CC2)C1c1ccccc1. The van der Waals surface area contributed by atoms with E-state index in [0.29, 0.717) is 6.42 Å². The molecule has 3 unspecified atom stereocenters. The number of hydrogen-bond donors (Lipinski definition) is 2. The van der Waals surface area contributed by atoms with E-state index in [4.69, 9.17) is 0 Å². The molecule has 0 bridgehead atoms. The van der Waals surface area contributed by atoms with E-state index < -0.39 is 5.60 Å². The number of piperidine rings is 1. The predicted octanol–water partition coefficient (Wildman–Crippen LogP) is 3.52. The van der Waals surface area contributed by atoms with Crippen LogP contribution < -0.4 is 5.32 Å². The molecule has 26 heavy (non-hydrogen) atoms. The van der Waals surface area contributed by atoms with Crippen molar-refractivity contribution in [1.29, 1.82) is 0 Å². The Hall–Kier alpha value is -1.39. The van der Waals surface area contributed by atoms with Crippen LogP contribution in [0, 0.1) is 11.3 Å². The third kappa shape index (κ3) is 4.66. The molecule has 1 aromatic rings. The molecule has 1 aromatic carbocycles. The molecule has 4 heteroatoms. The summed E-state index contributed by atoms with van der Waals surface area (Å²) in [7, 11) is 0. The number of rotatable bonds is 5. The largest absolute Gasteiger partial charge is 0.388 e. The summed E-state index contributed by atoms with van der Waals surface area (Å²) in [6, 6.07) is 10.1. The summed E-state index contributed by atoms with van der Waals surface area (Å²) in [4.78, 5) is 15.0. The summed E-state index contributed by atoms with van der Waals surface area (Å²) < 4.78 is 0. The Morgan fingerprint density at radius 1 is 1.27 bits per heavy atom.